The molecule has 0 radical (unpaired) electrons. The molecule has 0 unspecified atom stereocenters. The highest BCUT2D eigenvalue weighted by Crippen LogP contribution is 2.29. The van der Waals surface area contributed by atoms with E-state index in [4.69, 9.17) is 51.8 Å². The third-order valence-electron chi connectivity index (χ3n) is 3.96. The second kappa shape index (κ2) is 9.08. The molecule has 1 aliphatic rings. The molecular weight excluding hydrogens is 429 g/mol. The standard InChI is InChI=1S/C18H16Cl3N3O2S/c19-11-1-3-13(14(20)9-11)17(25)23-18(27)22-12-2-4-16(15(21)10-12)24-5-7-26-8-6-24/h1-4,9-10H,5-8H2,(H2,22,23,25,27). The highest BCUT2D eigenvalue weighted by Gasteiger charge is 2.15. The van der Waals surface area contributed by atoms with Gasteiger partial charge in [0, 0.05) is 23.8 Å². The molecule has 0 spiro atoms. The first-order valence-electron chi connectivity index (χ1n) is 8.13. The van der Waals surface area contributed by atoms with Gasteiger partial charge in [-0.3, -0.25) is 10.1 Å². The molecule has 1 aliphatic heterocycles. The lowest BCUT2D eigenvalue weighted by Gasteiger charge is -2.29. The maximum Gasteiger partial charge on any atom is 0.258 e. The molecule has 2 N–H and O–H groups in total. The third-order valence-corrected chi connectivity index (χ3v) is 5.01. The van der Waals surface area contributed by atoms with E-state index in [1.54, 1.807) is 12.1 Å². The smallest absolute Gasteiger partial charge is 0.258 e. The van der Waals surface area contributed by atoms with Gasteiger partial charge in [-0.2, -0.15) is 0 Å². The highest BCUT2D eigenvalue weighted by molar-refractivity contribution is 7.80. The molecule has 1 heterocycles. The van der Waals surface area contributed by atoms with Crippen LogP contribution in [0.2, 0.25) is 15.1 Å². The first-order chi connectivity index (χ1) is 12.9. The van der Waals surface area contributed by atoms with E-state index in [1.807, 2.05) is 12.1 Å². The Hall–Kier alpha value is -1.57. The van der Waals surface area contributed by atoms with Crippen LogP contribution >= 0.6 is 47.0 Å². The Bertz CT molecular complexity index is 873. The summed E-state index contributed by atoms with van der Waals surface area (Å²) in [5.74, 6) is -0.426. The number of hydrogen-bond acceptors (Lipinski definition) is 4. The van der Waals surface area contributed by atoms with E-state index in [1.165, 1.54) is 12.1 Å². The zero-order chi connectivity index (χ0) is 19.4. The van der Waals surface area contributed by atoms with Crippen LogP contribution in [0, 0.1) is 0 Å². The summed E-state index contributed by atoms with van der Waals surface area (Å²) in [4.78, 5) is 14.5. The van der Waals surface area contributed by atoms with Crippen LogP contribution in [-0.2, 0) is 4.74 Å². The van der Waals surface area contributed by atoms with Gasteiger partial charge >= 0.3 is 0 Å². The molecule has 1 amide bonds. The molecule has 2 aromatic carbocycles. The van der Waals surface area contributed by atoms with Crippen molar-refractivity contribution in [3.8, 4) is 0 Å². The summed E-state index contributed by atoms with van der Waals surface area (Å²) in [6.45, 7) is 2.95. The van der Waals surface area contributed by atoms with E-state index >= 15 is 0 Å². The summed E-state index contributed by atoms with van der Waals surface area (Å²) in [6, 6.07) is 10.2. The summed E-state index contributed by atoms with van der Waals surface area (Å²) < 4.78 is 5.35. The van der Waals surface area contributed by atoms with Crippen molar-refractivity contribution in [2.75, 3.05) is 36.5 Å². The van der Waals surface area contributed by atoms with E-state index in [0.717, 1.165) is 18.8 Å². The molecule has 9 heteroatoms. The van der Waals surface area contributed by atoms with Crippen LogP contribution in [0.15, 0.2) is 36.4 Å². The number of thiocarbonyl (C=S) groups is 1. The molecule has 0 bridgehead atoms. The number of carbonyl (C=O) groups excluding carboxylic acids is 1. The number of anilines is 2. The third kappa shape index (κ3) is 5.24. The molecule has 3 rings (SSSR count). The summed E-state index contributed by atoms with van der Waals surface area (Å²) >= 11 is 23.5. The van der Waals surface area contributed by atoms with Gasteiger partial charge in [-0.15, -0.1) is 0 Å². The number of nitrogens with zero attached hydrogens (tertiary/aromatic N) is 1. The fourth-order valence-corrected chi connectivity index (χ4v) is 3.66. The zero-order valence-corrected chi connectivity index (χ0v) is 17.2. The van der Waals surface area contributed by atoms with E-state index in [2.05, 4.69) is 15.5 Å². The lowest BCUT2D eigenvalue weighted by Crippen LogP contribution is -2.36. The summed E-state index contributed by atoms with van der Waals surface area (Å²) in [5, 5.41) is 6.97. The maximum absolute atomic E-state index is 12.3. The van der Waals surface area contributed by atoms with Gasteiger partial charge in [0.1, 0.15) is 0 Å². The largest absolute Gasteiger partial charge is 0.378 e. The molecule has 1 fully saturated rings. The van der Waals surface area contributed by atoms with Crippen LogP contribution < -0.4 is 15.5 Å². The van der Waals surface area contributed by atoms with Crippen molar-refractivity contribution < 1.29 is 9.53 Å². The number of ether oxygens (including phenoxy) is 1. The Morgan fingerprint density at radius 2 is 1.78 bits per heavy atom. The van der Waals surface area contributed by atoms with Crippen LogP contribution in [-0.4, -0.2) is 37.3 Å². The Kier molecular flexibility index (Phi) is 6.78. The molecule has 0 saturated carbocycles. The van der Waals surface area contributed by atoms with Gasteiger partial charge in [-0.1, -0.05) is 34.8 Å². The van der Waals surface area contributed by atoms with E-state index in [0.29, 0.717) is 28.9 Å². The summed E-state index contributed by atoms with van der Waals surface area (Å²) in [5.41, 5.74) is 1.89. The van der Waals surface area contributed by atoms with Crippen LogP contribution in [0.3, 0.4) is 0 Å². The van der Waals surface area contributed by atoms with Crippen LogP contribution in [0.5, 0.6) is 0 Å². The lowest BCUT2D eigenvalue weighted by atomic mass is 10.2. The first-order valence-corrected chi connectivity index (χ1v) is 9.68. The van der Waals surface area contributed by atoms with Crippen molar-refractivity contribution in [2.24, 2.45) is 0 Å². The fraction of sp³-hybridized carbons (Fsp3) is 0.222. The minimum absolute atomic E-state index is 0.140. The zero-order valence-electron chi connectivity index (χ0n) is 14.1. The van der Waals surface area contributed by atoms with E-state index in [9.17, 15) is 4.79 Å². The SMILES string of the molecule is O=C(NC(=S)Nc1ccc(N2CCOCC2)c(Cl)c1)c1ccc(Cl)cc1Cl. The minimum atomic E-state index is -0.426. The Labute approximate surface area is 177 Å². The van der Waals surface area contributed by atoms with Gasteiger partial charge in [0.25, 0.3) is 5.91 Å². The quantitative estimate of drug-likeness (QED) is 0.677. The summed E-state index contributed by atoms with van der Waals surface area (Å²) in [6.07, 6.45) is 0. The second-order valence-corrected chi connectivity index (χ2v) is 7.46. The first kappa shape index (κ1) is 20.2. The van der Waals surface area contributed by atoms with Crippen molar-refractivity contribution >= 4 is 69.4 Å². The molecule has 1 saturated heterocycles. The monoisotopic (exact) mass is 443 g/mol. The van der Waals surface area contributed by atoms with Crippen molar-refractivity contribution in [1.29, 1.82) is 0 Å². The number of morpholine rings is 1. The second-order valence-electron chi connectivity index (χ2n) is 5.80. The number of rotatable bonds is 3. The topological polar surface area (TPSA) is 53.6 Å². The van der Waals surface area contributed by atoms with Crippen molar-refractivity contribution in [3.63, 3.8) is 0 Å². The van der Waals surface area contributed by atoms with E-state index < -0.39 is 5.91 Å². The molecule has 142 valence electrons. The molecule has 2 aromatic rings. The minimum Gasteiger partial charge on any atom is -0.378 e. The predicted molar refractivity (Wildman–Crippen MR) is 115 cm³/mol. The molecular formula is C18H16Cl3N3O2S. The van der Waals surface area contributed by atoms with Gasteiger partial charge in [-0.25, -0.2) is 0 Å². The number of nitrogens with one attached hydrogen (secondary N) is 2. The number of halogens is 3. The average molecular weight is 445 g/mol. The van der Waals surface area contributed by atoms with Crippen LogP contribution in [0.25, 0.3) is 0 Å². The predicted octanol–water partition coefficient (Wildman–Crippen LogP) is 4.61. The Morgan fingerprint density at radius 3 is 2.44 bits per heavy atom. The average Bonchev–Trinajstić information content (AvgIpc) is 2.62. The molecule has 27 heavy (non-hydrogen) atoms. The number of carbonyl (C=O) groups is 1. The highest BCUT2D eigenvalue weighted by atomic mass is 35.5. The van der Waals surface area contributed by atoms with Gasteiger partial charge < -0.3 is 15.0 Å². The van der Waals surface area contributed by atoms with Gasteiger partial charge in [0.15, 0.2) is 5.11 Å². The van der Waals surface area contributed by atoms with Gasteiger partial charge in [-0.05, 0) is 48.6 Å². The Balaban J connectivity index is 1.63. The molecule has 0 aromatic heterocycles. The number of hydrogen-bond donors (Lipinski definition) is 2. The fourth-order valence-electron chi connectivity index (χ4n) is 2.65. The molecule has 0 atom stereocenters. The van der Waals surface area contributed by atoms with Crippen molar-refractivity contribution in [3.05, 3.63) is 57.0 Å². The Morgan fingerprint density at radius 1 is 1.04 bits per heavy atom. The normalized spacial score (nSPS) is 14.0. The van der Waals surface area contributed by atoms with E-state index in [-0.39, 0.29) is 15.7 Å². The van der Waals surface area contributed by atoms with Crippen LogP contribution in [0.4, 0.5) is 11.4 Å². The summed E-state index contributed by atoms with van der Waals surface area (Å²) in [7, 11) is 0. The number of amides is 1. The molecule has 0 aliphatic carbocycles. The lowest BCUT2D eigenvalue weighted by molar-refractivity contribution is 0.0978. The van der Waals surface area contributed by atoms with Crippen molar-refractivity contribution in [2.45, 2.75) is 0 Å². The maximum atomic E-state index is 12.3. The van der Waals surface area contributed by atoms with Crippen LogP contribution in [0.1, 0.15) is 10.4 Å². The molecule has 5 nitrogen and oxygen atoms in total. The van der Waals surface area contributed by atoms with Gasteiger partial charge in [0.05, 0.1) is 34.5 Å². The number of benzene rings is 2. The van der Waals surface area contributed by atoms with Crippen molar-refractivity contribution in [1.82, 2.24) is 5.32 Å². The van der Waals surface area contributed by atoms with Gasteiger partial charge in [0.2, 0.25) is 0 Å².